The minimum Gasteiger partial charge on any atom is -0.436 e. The number of pyridine rings is 1. The van der Waals surface area contributed by atoms with Crippen molar-refractivity contribution in [3.8, 4) is 11.6 Å². The van der Waals surface area contributed by atoms with Gasteiger partial charge in [-0.3, -0.25) is 19.7 Å². The van der Waals surface area contributed by atoms with E-state index in [0.29, 0.717) is 10.0 Å². The molecule has 2 fully saturated rings. The van der Waals surface area contributed by atoms with E-state index in [1.54, 1.807) is 12.1 Å². The molecule has 9 nitrogen and oxygen atoms in total. The molecule has 2 amide bonds. The molecule has 2 aromatic rings. The Morgan fingerprint density at radius 1 is 1.22 bits per heavy atom. The molecule has 0 spiro atoms. The first kappa shape index (κ1) is 20.8. The SMILES string of the molecule is O=C1[C@@H]2[C@H](C(=O)N1N=Cc1cc(Cl)c(Oc3ccc([N+](=O)[O-])cn3)c(Br)c1)[C@H]1C=C[C@H]2C1. The number of hydrogen-bond acceptors (Lipinski definition) is 7. The van der Waals surface area contributed by atoms with Crippen LogP contribution in [0.2, 0.25) is 5.02 Å². The number of benzene rings is 1. The van der Waals surface area contributed by atoms with Gasteiger partial charge in [-0.2, -0.15) is 10.1 Å². The zero-order valence-corrected chi connectivity index (χ0v) is 18.6. The molecular formula is C21H14BrClN4O5. The van der Waals surface area contributed by atoms with Crippen LogP contribution in [0.1, 0.15) is 12.0 Å². The first-order valence-electron chi connectivity index (χ1n) is 9.71. The topological polar surface area (TPSA) is 115 Å². The Kier molecular flexibility index (Phi) is 5.06. The Bertz CT molecular complexity index is 1160. The number of nitro groups is 1. The second-order valence-electron chi connectivity index (χ2n) is 7.76. The number of hydrazone groups is 1. The standard InChI is InChI=1S/C21H14BrClN4O5/c22-14-5-10(6-15(23)19(14)32-16-4-3-13(9-24-16)27(30)31)8-25-26-20(28)17-11-1-2-12(7-11)18(17)21(26)29/h1-6,8-9,11-12,17-18H,7H2/t11-,12-,17-,18+/m0/s1. The van der Waals surface area contributed by atoms with Gasteiger partial charge in [0.2, 0.25) is 5.88 Å². The van der Waals surface area contributed by atoms with Crippen molar-refractivity contribution in [2.24, 2.45) is 28.8 Å². The number of allylic oxidation sites excluding steroid dienone is 2. The Morgan fingerprint density at radius 2 is 1.91 bits per heavy atom. The van der Waals surface area contributed by atoms with Crippen molar-refractivity contribution < 1.29 is 19.2 Å². The van der Waals surface area contributed by atoms with Gasteiger partial charge in [0.05, 0.1) is 32.5 Å². The normalized spacial score (nSPS) is 25.8. The molecule has 1 aromatic carbocycles. The van der Waals surface area contributed by atoms with Gasteiger partial charge in [-0.1, -0.05) is 23.8 Å². The summed E-state index contributed by atoms with van der Waals surface area (Å²) in [6, 6.07) is 5.85. The van der Waals surface area contributed by atoms with Crippen molar-refractivity contribution >= 4 is 51.2 Å². The zero-order valence-electron chi connectivity index (χ0n) is 16.2. The number of amides is 2. The molecule has 4 atom stereocenters. The van der Waals surface area contributed by atoms with Crippen LogP contribution in [0, 0.1) is 33.8 Å². The van der Waals surface area contributed by atoms with Crippen molar-refractivity contribution in [3.05, 3.63) is 67.8 Å². The third kappa shape index (κ3) is 3.39. The first-order chi connectivity index (χ1) is 15.3. The van der Waals surface area contributed by atoms with Crippen LogP contribution in [0.5, 0.6) is 11.6 Å². The summed E-state index contributed by atoms with van der Waals surface area (Å²) >= 11 is 9.71. The lowest BCUT2D eigenvalue weighted by Crippen LogP contribution is -2.28. The summed E-state index contributed by atoms with van der Waals surface area (Å²) in [7, 11) is 0. The predicted octanol–water partition coefficient (Wildman–Crippen LogP) is 4.34. The number of aromatic nitrogens is 1. The van der Waals surface area contributed by atoms with Crippen molar-refractivity contribution in [1.29, 1.82) is 0 Å². The van der Waals surface area contributed by atoms with E-state index in [1.165, 1.54) is 18.3 Å². The fourth-order valence-corrected chi connectivity index (χ4v) is 5.46. The van der Waals surface area contributed by atoms with E-state index in [4.69, 9.17) is 16.3 Å². The minimum absolute atomic E-state index is 0.120. The largest absolute Gasteiger partial charge is 0.436 e. The van der Waals surface area contributed by atoms with Gasteiger partial charge in [-0.05, 0) is 51.9 Å². The van der Waals surface area contributed by atoms with E-state index in [-0.39, 0.29) is 57.8 Å². The van der Waals surface area contributed by atoms with Gasteiger partial charge < -0.3 is 4.74 Å². The van der Waals surface area contributed by atoms with Gasteiger partial charge in [0.25, 0.3) is 17.5 Å². The number of halogens is 2. The molecule has 32 heavy (non-hydrogen) atoms. The molecule has 1 saturated carbocycles. The van der Waals surface area contributed by atoms with Crippen molar-refractivity contribution in [2.75, 3.05) is 0 Å². The lowest BCUT2D eigenvalue weighted by atomic mass is 9.85. The number of rotatable bonds is 5. The van der Waals surface area contributed by atoms with Crippen LogP contribution in [0.25, 0.3) is 0 Å². The van der Waals surface area contributed by atoms with E-state index < -0.39 is 4.92 Å². The van der Waals surface area contributed by atoms with Crippen LogP contribution in [0.3, 0.4) is 0 Å². The second kappa shape index (κ2) is 7.79. The predicted molar refractivity (Wildman–Crippen MR) is 117 cm³/mol. The second-order valence-corrected chi connectivity index (χ2v) is 9.02. The number of imide groups is 1. The van der Waals surface area contributed by atoms with Crippen LogP contribution < -0.4 is 4.74 Å². The number of fused-ring (bicyclic) bond motifs is 5. The lowest BCUT2D eigenvalue weighted by Gasteiger charge is -2.13. The fourth-order valence-electron chi connectivity index (χ4n) is 4.52. The molecule has 1 aromatic heterocycles. The lowest BCUT2D eigenvalue weighted by molar-refractivity contribution is -0.385. The summed E-state index contributed by atoms with van der Waals surface area (Å²) in [6.07, 6.45) is 7.40. The van der Waals surface area contributed by atoms with E-state index >= 15 is 0 Å². The smallest absolute Gasteiger partial charge is 0.287 e. The maximum absolute atomic E-state index is 12.7. The maximum atomic E-state index is 12.7. The Balaban J connectivity index is 1.33. The molecule has 5 rings (SSSR count). The van der Waals surface area contributed by atoms with Crippen LogP contribution in [0.15, 0.2) is 52.2 Å². The Hall–Kier alpha value is -3.11. The molecule has 162 valence electrons. The van der Waals surface area contributed by atoms with E-state index in [0.717, 1.165) is 17.6 Å². The highest BCUT2D eigenvalue weighted by atomic mass is 79.9. The quantitative estimate of drug-likeness (QED) is 0.192. The highest BCUT2D eigenvalue weighted by Gasteiger charge is 2.59. The average Bonchev–Trinajstić information content (AvgIpc) is 3.44. The molecule has 2 heterocycles. The first-order valence-corrected chi connectivity index (χ1v) is 10.9. The van der Waals surface area contributed by atoms with Crippen LogP contribution >= 0.6 is 27.5 Å². The summed E-state index contributed by atoms with van der Waals surface area (Å²) in [5.41, 5.74) is 0.387. The molecule has 0 N–H and O–H groups in total. The fraction of sp³-hybridized carbons (Fsp3) is 0.238. The summed E-state index contributed by atoms with van der Waals surface area (Å²) in [5, 5.41) is 16.1. The molecular weight excluding hydrogens is 504 g/mol. The Labute approximate surface area is 195 Å². The van der Waals surface area contributed by atoms with Gasteiger partial charge >= 0.3 is 0 Å². The van der Waals surface area contributed by atoms with Crippen molar-refractivity contribution in [2.45, 2.75) is 6.42 Å². The summed E-state index contributed by atoms with van der Waals surface area (Å²) in [4.78, 5) is 39.5. The molecule has 2 bridgehead atoms. The third-order valence-corrected chi connectivity index (χ3v) is 6.80. The van der Waals surface area contributed by atoms with E-state index in [9.17, 15) is 19.7 Å². The van der Waals surface area contributed by atoms with Crippen LogP contribution in [-0.2, 0) is 9.59 Å². The number of carbonyl (C=O) groups excluding carboxylic acids is 2. The number of hydrogen-bond donors (Lipinski definition) is 0. The monoisotopic (exact) mass is 516 g/mol. The van der Waals surface area contributed by atoms with Gasteiger partial charge in [0.15, 0.2) is 5.75 Å². The third-order valence-electron chi connectivity index (χ3n) is 5.93. The summed E-state index contributed by atoms with van der Waals surface area (Å²) < 4.78 is 6.12. The molecule has 11 heteroatoms. The molecule has 3 aliphatic rings. The Morgan fingerprint density at radius 3 is 2.47 bits per heavy atom. The summed E-state index contributed by atoms with van der Waals surface area (Å²) in [5.74, 6) is -0.516. The molecule has 1 aliphatic heterocycles. The molecule has 0 unspecified atom stereocenters. The van der Waals surface area contributed by atoms with Crippen molar-refractivity contribution in [3.63, 3.8) is 0 Å². The van der Waals surface area contributed by atoms with E-state index in [1.807, 2.05) is 12.2 Å². The molecule has 1 saturated heterocycles. The van der Waals surface area contributed by atoms with Crippen molar-refractivity contribution in [1.82, 2.24) is 9.99 Å². The maximum Gasteiger partial charge on any atom is 0.287 e. The summed E-state index contributed by atoms with van der Waals surface area (Å²) in [6.45, 7) is 0. The van der Waals surface area contributed by atoms with Crippen LogP contribution in [0.4, 0.5) is 5.69 Å². The minimum atomic E-state index is -0.557. The van der Waals surface area contributed by atoms with Gasteiger partial charge in [-0.25, -0.2) is 4.98 Å². The molecule has 2 aliphatic carbocycles. The number of carbonyl (C=O) groups is 2. The molecule has 0 radical (unpaired) electrons. The van der Waals surface area contributed by atoms with Gasteiger partial charge in [0.1, 0.15) is 6.20 Å². The van der Waals surface area contributed by atoms with E-state index in [2.05, 4.69) is 26.0 Å². The highest BCUT2D eigenvalue weighted by molar-refractivity contribution is 9.10. The van der Waals surface area contributed by atoms with Gasteiger partial charge in [0, 0.05) is 12.1 Å². The average molecular weight is 518 g/mol. The highest BCUT2D eigenvalue weighted by Crippen LogP contribution is 2.52. The zero-order chi connectivity index (χ0) is 22.6. The van der Waals surface area contributed by atoms with Crippen LogP contribution in [-0.4, -0.2) is 32.9 Å². The van der Waals surface area contributed by atoms with Gasteiger partial charge in [-0.15, -0.1) is 0 Å². The number of ether oxygens (including phenoxy) is 1. The number of nitrogens with zero attached hydrogens (tertiary/aromatic N) is 4.